The van der Waals surface area contributed by atoms with Crippen molar-refractivity contribution in [1.29, 1.82) is 0 Å². The number of carbonyl (C=O) groups is 8. The second kappa shape index (κ2) is 22.7. The number of Topliss-reactive ketones (excluding diaryl/α,β-unsaturated/α-hetero) is 1. The summed E-state index contributed by atoms with van der Waals surface area (Å²) < 4.78 is 47.6. The molecular formula is C59H63NO18. The first-order chi connectivity index (χ1) is 37.1. The molecule has 0 radical (unpaired) electrons. The summed E-state index contributed by atoms with van der Waals surface area (Å²) in [5.74, 6) is -8.04. The fourth-order valence-corrected chi connectivity index (χ4v) is 11.6. The predicted octanol–water partition coefficient (Wildman–Crippen LogP) is 6.92. The number of ether oxygens (including phenoxy) is 8. The molecule has 0 spiro atoms. The van der Waals surface area contributed by atoms with Gasteiger partial charge in [-0.25, -0.2) is 19.2 Å². The molecule has 2 bridgehead atoms. The van der Waals surface area contributed by atoms with E-state index in [2.05, 4.69) is 5.32 Å². The van der Waals surface area contributed by atoms with Gasteiger partial charge in [-0.15, -0.1) is 0 Å². The summed E-state index contributed by atoms with van der Waals surface area (Å²) in [7, 11) is 0. The molecule has 3 aliphatic carbocycles. The Morgan fingerprint density at radius 1 is 0.769 bits per heavy atom. The van der Waals surface area contributed by atoms with E-state index in [0.29, 0.717) is 6.42 Å². The van der Waals surface area contributed by atoms with Crippen LogP contribution in [0.5, 0.6) is 5.75 Å². The van der Waals surface area contributed by atoms with Gasteiger partial charge >= 0.3 is 36.0 Å². The van der Waals surface area contributed by atoms with Crippen LogP contribution < -0.4 is 10.1 Å². The fourth-order valence-electron chi connectivity index (χ4n) is 11.6. The normalized spacial score (nSPS) is 27.5. The minimum atomic E-state index is -2.52. The van der Waals surface area contributed by atoms with E-state index < -0.39 is 125 Å². The van der Waals surface area contributed by atoms with Gasteiger partial charge in [0, 0.05) is 37.7 Å². The van der Waals surface area contributed by atoms with Crippen LogP contribution in [0.2, 0.25) is 0 Å². The molecule has 11 atom stereocenters. The van der Waals surface area contributed by atoms with Crippen LogP contribution in [0, 0.1) is 16.7 Å². The van der Waals surface area contributed by atoms with Gasteiger partial charge in [0.1, 0.15) is 35.7 Å². The van der Waals surface area contributed by atoms with Crippen molar-refractivity contribution in [3.05, 3.63) is 149 Å². The molecule has 412 valence electrons. The van der Waals surface area contributed by atoms with Gasteiger partial charge in [0.05, 0.1) is 41.8 Å². The Hall–Kier alpha value is -7.74. The molecule has 4 aliphatic rings. The molecule has 1 unspecified atom stereocenters. The summed E-state index contributed by atoms with van der Waals surface area (Å²) in [6.45, 7) is 9.89. The second-order valence-corrected chi connectivity index (χ2v) is 20.8. The molecule has 3 fully saturated rings. The average Bonchev–Trinajstić information content (AvgIpc) is 3.14. The monoisotopic (exact) mass is 1070 g/mol. The topological polar surface area (TPSA) is 263 Å². The number of amides is 1. The van der Waals surface area contributed by atoms with Crippen LogP contribution >= 0.6 is 0 Å². The Bertz CT molecular complexity index is 2960. The van der Waals surface area contributed by atoms with Crippen LogP contribution in [0.15, 0.2) is 126 Å². The standard InChI is InChI=1S/C59H63NO18/c1-8-9-29-71-52(66)39-25-27-40(28-26-39)74-55(69)76-47(45(36-19-13-10-14-20-36)60-51(65)37-21-15-11-16-22-37)54(68)75-41-31-59(70)50(77-53(67)38-23-17-12-18-24-38)48-57(7,42(63)30-43-58(48,32-72-43)78-35(4)62)49(64)46(73-34(3)61)44(33(41)2)56(59,5)6/h10-28,41-43,45-48,50,63,70H,8-9,29-32H2,1-7H3,(H,60,65)/t41-,42-,43+,45-,46+,47+,48?,50-,57+,58-,59+/m0/s1. The summed E-state index contributed by atoms with van der Waals surface area (Å²) in [6, 6.07) is 27.6. The smallest absolute Gasteiger partial charge is 0.462 e. The average molecular weight is 1070 g/mol. The van der Waals surface area contributed by atoms with Crippen LogP contribution in [0.3, 0.4) is 0 Å². The quantitative estimate of drug-likeness (QED) is 0.0338. The predicted molar refractivity (Wildman–Crippen MR) is 274 cm³/mol. The van der Waals surface area contributed by atoms with Crippen molar-refractivity contribution in [1.82, 2.24) is 5.32 Å². The molecule has 2 saturated carbocycles. The van der Waals surface area contributed by atoms with E-state index in [4.69, 9.17) is 37.9 Å². The van der Waals surface area contributed by atoms with Crippen molar-refractivity contribution >= 4 is 47.7 Å². The number of carbonyl (C=O) groups excluding carboxylic acids is 8. The van der Waals surface area contributed by atoms with Crippen molar-refractivity contribution in [2.24, 2.45) is 16.7 Å². The highest BCUT2D eigenvalue weighted by Crippen LogP contribution is 2.64. The molecule has 3 N–H and O–H groups in total. The molecule has 19 heteroatoms. The van der Waals surface area contributed by atoms with E-state index in [-0.39, 0.29) is 58.8 Å². The van der Waals surface area contributed by atoms with Crippen molar-refractivity contribution in [2.75, 3.05) is 13.2 Å². The molecule has 1 aliphatic heterocycles. The molecule has 78 heavy (non-hydrogen) atoms. The van der Waals surface area contributed by atoms with Gasteiger partial charge in [0.2, 0.25) is 6.10 Å². The van der Waals surface area contributed by atoms with Crippen molar-refractivity contribution in [3.8, 4) is 5.75 Å². The van der Waals surface area contributed by atoms with E-state index in [9.17, 15) is 39.0 Å². The third kappa shape index (κ3) is 10.7. The van der Waals surface area contributed by atoms with Gasteiger partial charge < -0.3 is 53.4 Å². The zero-order valence-corrected chi connectivity index (χ0v) is 44.3. The summed E-state index contributed by atoms with van der Waals surface area (Å²) in [5, 5.41) is 29.1. The Labute approximate surface area is 450 Å². The van der Waals surface area contributed by atoms with E-state index in [1.54, 1.807) is 66.7 Å². The lowest BCUT2D eigenvalue weighted by Crippen LogP contribution is -2.82. The maximum Gasteiger partial charge on any atom is 0.514 e. The van der Waals surface area contributed by atoms with Gasteiger partial charge in [-0.2, -0.15) is 0 Å². The van der Waals surface area contributed by atoms with Crippen LogP contribution in [-0.4, -0.2) is 119 Å². The molecule has 1 heterocycles. The highest BCUT2D eigenvalue weighted by molar-refractivity contribution is 5.96. The minimum Gasteiger partial charge on any atom is -0.462 e. The molecule has 1 saturated heterocycles. The number of ketones is 1. The maximum absolute atomic E-state index is 15.8. The first-order valence-corrected chi connectivity index (χ1v) is 25.7. The third-order valence-electron chi connectivity index (χ3n) is 15.7. The molecule has 1 amide bonds. The molecule has 4 aromatic rings. The Kier molecular flexibility index (Phi) is 16.4. The number of rotatable bonds is 16. The van der Waals surface area contributed by atoms with Gasteiger partial charge in [0.25, 0.3) is 5.91 Å². The number of nitrogens with one attached hydrogen (secondary N) is 1. The SMILES string of the molecule is CCCCOC(=O)c1ccc(OC(=O)O[C@@H](C(=O)O[C@H]2C[C@@]3(O)[C@@H](OC(=O)c4ccccc4)C4[C@](C)(C(=O)[C@H](OC(C)=O)C(=C2C)C3(C)C)[C@@H](O)C[C@H]2OC[C@@]42OC(C)=O)[C@@H](NC(=O)c2ccccc2)c2ccccc2)cc1. The van der Waals surface area contributed by atoms with Gasteiger partial charge in [-0.3, -0.25) is 19.2 Å². The first kappa shape index (κ1) is 56.5. The lowest BCUT2D eigenvalue weighted by molar-refractivity contribution is -0.346. The molecule has 8 rings (SSSR count). The number of benzene rings is 4. The number of hydrogen-bond donors (Lipinski definition) is 3. The lowest BCUT2D eigenvalue weighted by Gasteiger charge is -2.67. The summed E-state index contributed by atoms with van der Waals surface area (Å²) in [4.78, 5) is 113. The number of fused-ring (bicyclic) bond motifs is 5. The van der Waals surface area contributed by atoms with E-state index in [1.165, 1.54) is 76.2 Å². The molecular weight excluding hydrogens is 1010 g/mol. The fraction of sp³-hybridized carbons (Fsp3) is 0.424. The minimum absolute atomic E-state index is 0.0223. The molecule has 19 nitrogen and oxygen atoms in total. The number of unbranched alkanes of at least 4 members (excludes halogenated alkanes) is 1. The Morgan fingerprint density at radius 2 is 1.37 bits per heavy atom. The Morgan fingerprint density at radius 3 is 1.95 bits per heavy atom. The number of hydrogen-bond acceptors (Lipinski definition) is 18. The second-order valence-electron chi connectivity index (χ2n) is 20.8. The largest absolute Gasteiger partial charge is 0.514 e. The molecule has 4 aromatic carbocycles. The lowest BCUT2D eigenvalue weighted by atomic mass is 9.44. The van der Waals surface area contributed by atoms with Crippen LogP contribution in [0.25, 0.3) is 0 Å². The maximum atomic E-state index is 15.8. The highest BCUT2D eigenvalue weighted by Gasteiger charge is 2.78. The van der Waals surface area contributed by atoms with Crippen molar-refractivity contribution in [2.45, 2.75) is 128 Å². The van der Waals surface area contributed by atoms with Crippen molar-refractivity contribution in [3.63, 3.8) is 0 Å². The Balaban J connectivity index is 1.26. The van der Waals surface area contributed by atoms with Gasteiger partial charge in [0.15, 0.2) is 17.5 Å². The highest BCUT2D eigenvalue weighted by atomic mass is 16.7. The van der Waals surface area contributed by atoms with Gasteiger partial charge in [-0.1, -0.05) is 93.9 Å². The number of aliphatic hydroxyl groups is 2. The summed E-state index contributed by atoms with van der Waals surface area (Å²) in [5.41, 5.74) is -7.67. The molecule has 0 aromatic heterocycles. The van der Waals surface area contributed by atoms with Crippen LogP contribution in [-0.2, 0) is 52.3 Å². The number of aliphatic hydroxyl groups excluding tert-OH is 1. The summed E-state index contributed by atoms with van der Waals surface area (Å²) >= 11 is 0. The zero-order valence-electron chi connectivity index (χ0n) is 44.3. The van der Waals surface area contributed by atoms with Gasteiger partial charge in [-0.05, 0) is 85.5 Å². The summed E-state index contributed by atoms with van der Waals surface area (Å²) in [6.07, 6.45) is -11.2. The number of esters is 5. The van der Waals surface area contributed by atoms with Crippen LogP contribution in [0.4, 0.5) is 4.79 Å². The third-order valence-corrected chi connectivity index (χ3v) is 15.7. The van der Waals surface area contributed by atoms with E-state index in [0.717, 1.165) is 20.3 Å². The van der Waals surface area contributed by atoms with E-state index in [1.807, 2.05) is 6.92 Å². The first-order valence-electron chi connectivity index (χ1n) is 25.7. The van der Waals surface area contributed by atoms with Crippen molar-refractivity contribution < 1.29 is 86.5 Å². The van der Waals surface area contributed by atoms with E-state index >= 15 is 9.59 Å². The zero-order chi connectivity index (χ0) is 56.3. The van der Waals surface area contributed by atoms with Crippen LogP contribution in [0.1, 0.15) is 117 Å².